The fourth-order valence-electron chi connectivity index (χ4n) is 3.33. The van der Waals surface area contributed by atoms with Gasteiger partial charge in [0.15, 0.2) is 5.65 Å². The Kier molecular flexibility index (Phi) is 4.04. The monoisotopic (exact) mass is 302 g/mol. The van der Waals surface area contributed by atoms with Crippen molar-refractivity contribution in [3.63, 3.8) is 0 Å². The number of fused-ring (bicyclic) bond motifs is 1. The van der Waals surface area contributed by atoms with Gasteiger partial charge in [-0.15, -0.1) is 0 Å². The van der Waals surface area contributed by atoms with E-state index >= 15 is 0 Å². The average molecular weight is 302 g/mol. The third-order valence-electron chi connectivity index (χ3n) is 4.60. The molecule has 0 amide bonds. The van der Waals surface area contributed by atoms with E-state index < -0.39 is 0 Å². The molecule has 1 saturated heterocycles. The van der Waals surface area contributed by atoms with Crippen LogP contribution in [-0.4, -0.2) is 43.8 Å². The number of hydrogen-bond acceptors (Lipinski definition) is 5. The third-order valence-corrected chi connectivity index (χ3v) is 4.60. The smallest absolute Gasteiger partial charge is 0.163 e. The highest BCUT2D eigenvalue weighted by atomic mass is 15.4. The molecule has 1 aliphatic heterocycles. The summed E-state index contributed by atoms with van der Waals surface area (Å²) < 4.78 is 2.09. The van der Waals surface area contributed by atoms with Gasteiger partial charge < -0.3 is 5.73 Å². The number of aromatic nitrogens is 4. The predicted molar refractivity (Wildman–Crippen MR) is 88.8 cm³/mol. The second kappa shape index (κ2) is 5.83. The predicted octanol–water partition coefficient (Wildman–Crippen LogP) is 2.58. The number of anilines is 1. The SMILES string of the molecule is CC(C)c1nn(C2CCCN(C(C)C)C2)c2ncnc(N)c12. The van der Waals surface area contributed by atoms with Crippen molar-refractivity contribution in [3.05, 3.63) is 12.0 Å². The fourth-order valence-corrected chi connectivity index (χ4v) is 3.33. The average Bonchev–Trinajstić information content (AvgIpc) is 2.88. The Bertz CT molecular complexity index is 660. The van der Waals surface area contributed by atoms with Gasteiger partial charge in [0.05, 0.1) is 17.1 Å². The number of nitrogen functional groups attached to an aromatic ring is 1. The molecule has 6 heteroatoms. The lowest BCUT2D eigenvalue weighted by molar-refractivity contribution is 0.138. The summed E-state index contributed by atoms with van der Waals surface area (Å²) in [6.07, 6.45) is 3.88. The van der Waals surface area contributed by atoms with Gasteiger partial charge in [-0.25, -0.2) is 14.6 Å². The summed E-state index contributed by atoms with van der Waals surface area (Å²) in [5, 5.41) is 5.80. The zero-order chi connectivity index (χ0) is 15.9. The molecule has 2 aromatic rings. The van der Waals surface area contributed by atoms with E-state index in [0.717, 1.165) is 29.7 Å². The van der Waals surface area contributed by atoms with Crippen LogP contribution in [0.15, 0.2) is 6.33 Å². The maximum atomic E-state index is 6.10. The van der Waals surface area contributed by atoms with Crippen LogP contribution in [0.25, 0.3) is 11.0 Å². The minimum Gasteiger partial charge on any atom is -0.383 e. The summed E-state index contributed by atoms with van der Waals surface area (Å²) in [6, 6.07) is 0.925. The normalized spacial score (nSPS) is 20.4. The molecule has 0 radical (unpaired) electrons. The van der Waals surface area contributed by atoms with Crippen molar-refractivity contribution < 1.29 is 0 Å². The molecular weight excluding hydrogens is 276 g/mol. The molecule has 0 bridgehead atoms. The molecule has 1 atom stereocenters. The quantitative estimate of drug-likeness (QED) is 0.943. The van der Waals surface area contributed by atoms with Gasteiger partial charge >= 0.3 is 0 Å². The van der Waals surface area contributed by atoms with Crippen molar-refractivity contribution in [3.8, 4) is 0 Å². The Labute approximate surface area is 131 Å². The van der Waals surface area contributed by atoms with Crippen LogP contribution in [0.1, 0.15) is 58.2 Å². The molecule has 2 aromatic heterocycles. The fraction of sp³-hybridized carbons (Fsp3) is 0.688. The number of piperidine rings is 1. The summed E-state index contributed by atoms with van der Waals surface area (Å²) in [5.41, 5.74) is 7.99. The number of nitrogens with zero attached hydrogens (tertiary/aromatic N) is 5. The van der Waals surface area contributed by atoms with E-state index in [4.69, 9.17) is 10.8 Å². The van der Waals surface area contributed by atoms with Gasteiger partial charge in [-0.1, -0.05) is 13.8 Å². The van der Waals surface area contributed by atoms with Crippen LogP contribution >= 0.6 is 0 Å². The van der Waals surface area contributed by atoms with E-state index in [-0.39, 0.29) is 0 Å². The summed E-state index contributed by atoms with van der Waals surface area (Å²) in [7, 11) is 0. The van der Waals surface area contributed by atoms with Crippen molar-refractivity contribution in [2.75, 3.05) is 18.8 Å². The molecule has 1 fully saturated rings. The Morgan fingerprint density at radius 3 is 2.68 bits per heavy atom. The zero-order valence-electron chi connectivity index (χ0n) is 14.0. The molecule has 6 nitrogen and oxygen atoms in total. The van der Waals surface area contributed by atoms with E-state index in [9.17, 15) is 0 Å². The van der Waals surface area contributed by atoms with Gasteiger partial charge in [0.2, 0.25) is 0 Å². The molecule has 0 aromatic carbocycles. The molecule has 0 spiro atoms. The number of nitrogens with two attached hydrogens (primary N) is 1. The molecule has 0 aliphatic carbocycles. The highest BCUT2D eigenvalue weighted by molar-refractivity contribution is 5.88. The number of rotatable bonds is 3. The first kappa shape index (κ1) is 15.2. The third kappa shape index (κ3) is 2.56. The van der Waals surface area contributed by atoms with Crippen LogP contribution in [0.5, 0.6) is 0 Å². The van der Waals surface area contributed by atoms with Crippen LogP contribution in [0, 0.1) is 0 Å². The van der Waals surface area contributed by atoms with Gasteiger partial charge in [0, 0.05) is 12.6 Å². The van der Waals surface area contributed by atoms with Gasteiger partial charge in [0.1, 0.15) is 12.1 Å². The van der Waals surface area contributed by atoms with Crippen LogP contribution in [0.2, 0.25) is 0 Å². The van der Waals surface area contributed by atoms with Crippen LogP contribution in [0.4, 0.5) is 5.82 Å². The number of likely N-dealkylation sites (tertiary alicyclic amines) is 1. The second-order valence-electron chi connectivity index (χ2n) is 6.83. The lowest BCUT2D eigenvalue weighted by Crippen LogP contribution is -2.41. The molecule has 22 heavy (non-hydrogen) atoms. The Balaban J connectivity index is 2.05. The van der Waals surface area contributed by atoms with Crippen molar-refractivity contribution in [2.45, 2.75) is 58.5 Å². The van der Waals surface area contributed by atoms with Crippen molar-refractivity contribution in [2.24, 2.45) is 0 Å². The minimum atomic E-state index is 0.307. The van der Waals surface area contributed by atoms with Gasteiger partial charge in [-0.3, -0.25) is 4.90 Å². The van der Waals surface area contributed by atoms with E-state index in [1.54, 1.807) is 6.33 Å². The molecule has 1 unspecified atom stereocenters. The first-order valence-electron chi connectivity index (χ1n) is 8.21. The van der Waals surface area contributed by atoms with Crippen molar-refractivity contribution >= 4 is 16.9 Å². The summed E-state index contributed by atoms with van der Waals surface area (Å²) in [4.78, 5) is 11.2. The molecule has 3 heterocycles. The van der Waals surface area contributed by atoms with Crippen molar-refractivity contribution in [1.29, 1.82) is 0 Å². The maximum Gasteiger partial charge on any atom is 0.163 e. The number of hydrogen-bond donors (Lipinski definition) is 1. The largest absolute Gasteiger partial charge is 0.383 e. The summed E-state index contributed by atoms with van der Waals surface area (Å²) in [5.74, 6) is 0.846. The van der Waals surface area contributed by atoms with E-state index in [1.165, 1.54) is 13.0 Å². The van der Waals surface area contributed by atoms with E-state index in [2.05, 4.69) is 47.2 Å². The van der Waals surface area contributed by atoms with Gasteiger partial charge in [-0.05, 0) is 39.2 Å². The van der Waals surface area contributed by atoms with Crippen LogP contribution in [-0.2, 0) is 0 Å². The topological polar surface area (TPSA) is 72.9 Å². The Hall–Kier alpha value is -1.69. The molecular formula is C16H26N6. The maximum absolute atomic E-state index is 6.10. The van der Waals surface area contributed by atoms with Gasteiger partial charge in [-0.2, -0.15) is 5.10 Å². The highest BCUT2D eigenvalue weighted by Crippen LogP contribution is 2.31. The van der Waals surface area contributed by atoms with Crippen molar-refractivity contribution in [1.82, 2.24) is 24.6 Å². The van der Waals surface area contributed by atoms with Crippen LogP contribution in [0.3, 0.4) is 0 Å². The lowest BCUT2D eigenvalue weighted by Gasteiger charge is -2.35. The highest BCUT2D eigenvalue weighted by Gasteiger charge is 2.27. The second-order valence-corrected chi connectivity index (χ2v) is 6.83. The molecule has 2 N–H and O–H groups in total. The summed E-state index contributed by atoms with van der Waals surface area (Å²) >= 11 is 0. The first-order chi connectivity index (χ1) is 10.5. The summed E-state index contributed by atoms with van der Waals surface area (Å²) in [6.45, 7) is 11.0. The first-order valence-corrected chi connectivity index (χ1v) is 8.21. The molecule has 1 aliphatic rings. The van der Waals surface area contributed by atoms with Gasteiger partial charge in [0.25, 0.3) is 0 Å². The van der Waals surface area contributed by atoms with E-state index in [0.29, 0.717) is 23.8 Å². The molecule has 0 saturated carbocycles. The molecule has 120 valence electrons. The van der Waals surface area contributed by atoms with E-state index in [1.807, 2.05) is 0 Å². The lowest BCUT2D eigenvalue weighted by atomic mass is 10.0. The van der Waals surface area contributed by atoms with Crippen LogP contribution < -0.4 is 5.73 Å². The zero-order valence-corrected chi connectivity index (χ0v) is 14.0. The Morgan fingerprint density at radius 1 is 1.23 bits per heavy atom. The minimum absolute atomic E-state index is 0.307. The standard InChI is InChI=1S/C16H26N6/c1-10(2)14-13-15(17)18-9-19-16(13)22(20-14)12-6-5-7-21(8-12)11(3)4/h9-12H,5-8H2,1-4H3,(H2,17,18,19). The molecule has 3 rings (SSSR count). The Morgan fingerprint density at radius 2 is 2.00 bits per heavy atom.